The van der Waals surface area contributed by atoms with Crippen molar-refractivity contribution in [3.63, 3.8) is 0 Å². The van der Waals surface area contributed by atoms with Gasteiger partial charge in [-0.15, -0.1) is 0 Å². The van der Waals surface area contributed by atoms with E-state index in [-0.39, 0.29) is 5.91 Å². The van der Waals surface area contributed by atoms with E-state index in [4.69, 9.17) is 4.74 Å². The number of aromatic nitrogens is 4. The van der Waals surface area contributed by atoms with Crippen molar-refractivity contribution < 1.29 is 9.53 Å². The maximum atomic E-state index is 12.3. The molecule has 2 N–H and O–H groups in total. The molecule has 27 heavy (non-hydrogen) atoms. The fourth-order valence-corrected chi connectivity index (χ4v) is 2.96. The summed E-state index contributed by atoms with van der Waals surface area (Å²) in [4.78, 5) is 22.8. The number of ether oxygens (including phenoxy) is 1. The Bertz CT molecular complexity index is 911. The summed E-state index contributed by atoms with van der Waals surface area (Å²) in [6.45, 7) is 2.58. The van der Waals surface area contributed by atoms with Gasteiger partial charge in [-0.3, -0.25) is 19.8 Å². The molecular weight excluding hydrogens is 344 g/mol. The molecule has 1 aliphatic heterocycles. The van der Waals surface area contributed by atoms with E-state index in [1.54, 1.807) is 12.4 Å². The molecule has 4 rings (SSSR count). The second kappa shape index (κ2) is 7.96. The quantitative estimate of drug-likeness (QED) is 0.710. The summed E-state index contributed by atoms with van der Waals surface area (Å²) in [5.41, 5.74) is 1.97. The zero-order valence-corrected chi connectivity index (χ0v) is 14.8. The topological polar surface area (TPSA) is 96.0 Å². The minimum atomic E-state index is -0.0590. The van der Waals surface area contributed by atoms with Crippen molar-refractivity contribution >= 4 is 5.91 Å². The van der Waals surface area contributed by atoms with Crippen LogP contribution in [-0.2, 0) is 17.9 Å². The van der Waals surface area contributed by atoms with Crippen molar-refractivity contribution in [2.75, 3.05) is 19.7 Å². The van der Waals surface area contributed by atoms with Crippen LogP contribution in [0.5, 0.6) is 5.75 Å². The third kappa shape index (κ3) is 4.29. The highest BCUT2D eigenvalue weighted by atomic mass is 16.5. The van der Waals surface area contributed by atoms with Gasteiger partial charge in [0.1, 0.15) is 18.2 Å². The fraction of sp³-hybridized carbons (Fsp3) is 0.263. The van der Waals surface area contributed by atoms with Gasteiger partial charge >= 0.3 is 0 Å². The molecule has 2 aromatic heterocycles. The van der Waals surface area contributed by atoms with Gasteiger partial charge in [0.15, 0.2) is 5.82 Å². The van der Waals surface area contributed by atoms with Crippen molar-refractivity contribution in [3.05, 3.63) is 60.2 Å². The Kier molecular flexibility index (Phi) is 5.06. The van der Waals surface area contributed by atoms with Crippen molar-refractivity contribution in [1.82, 2.24) is 30.4 Å². The maximum Gasteiger partial charge on any atom is 0.234 e. The lowest BCUT2D eigenvalue weighted by molar-refractivity contribution is -0.122. The standard InChI is InChI=1S/C19H20N6O2/c26-18(13-25-9-10-27-16-4-2-1-3-15(16)12-25)21-11-17-22-19(24-23-17)14-5-7-20-8-6-14/h1-8H,9-13H2,(H,21,26)(H,22,23,24). The zero-order valence-electron chi connectivity index (χ0n) is 14.8. The monoisotopic (exact) mass is 364 g/mol. The van der Waals surface area contributed by atoms with E-state index in [1.165, 1.54) is 0 Å². The first-order valence-corrected chi connectivity index (χ1v) is 8.79. The second-order valence-electron chi connectivity index (χ2n) is 6.29. The Morgan fingerprint density at radius 3 is 2.96 bits per heavy atom. The number of hydrogen-bond donors (Lipinski definition) is 2. The zero-order chi connectivity index (χ0) is 18.5. The molecule has 0 fully saturated rings. The Labute approximate surface area is 156 Å². The van der Waals surface area contributed by atoms with Crippen LogP contribution >= 0.6 is 0 Å². The normalized spacial score (nSPS) is 14.1. The van der Waals surface area contributed by atoms with Crippen molar-refractivity contribution in [3.8, 4) is 17.1 Å². The summed E-state index contributed by atoms with van der Waals surface area (Å²) < 4.78 is 5.73. The van der Waals surface area contributed by atoms with Gasteiger partial charge in [0.25, 0.3) is 0 Å². The molecule has 8 nitrogen and oxygen atoms in total. The van der Waals surface area contributed by atoms with E-state index < -0.39 is 0 Å². The lowest BCUT2D eigenvalue weighted by Gasteiger charge is -2.18. The van der Waals surface area contributed by atoms with Crippen LogP contribution in [-0.4, -0.2) is 50.7 Å². The number of aromatic amines is 1. The van der Waals surface area contributed by atoms with E-state index in [1.807, 2.05) is 36.4 Å². The van der Waals surface area contributed by atoms with E-state index in [2.05, 4.69) is 30.4 Å². The second-order valence-corrected chi connectivity index (χ2v) is 6.29. The first-order chi connectivity index (χ1) is 13.3. The number of amides is 1. The van der Waals surface area contributed by atoms with Crippen LogP contribution in [0, 0.1) is 0 Å². The Morgan fingerprint density at radius 1 is 1.22 bits per heavy atom. The lowest BCUT2D eigenvalue weighted by Crippen LogP contribution is -2.37. The van der Waals surface area contributed by atoms with Crippen molar-refractivity contribution in [1.29, 1.82) is 0 Å². The molecule has 0 atom stereocenters. The minimum absolute atomic E-state index is 0.0590. The average Bonchev–Trinajstić information content (AvgIpc) is 3.08. The van der Waals surface area contributed by atoms with E-state index >= 15 is 0 Å². The Hall–Kier alpha value is -3.26. The van der Waals surface area contributed by atoms with Gasteiger partial charge < -0.3 is 10.1 Å². The van der Waals surface area contributed by atoms with Gasteiger partial charge in [-0.25, -0.2) is 4.98 Å². The molecule has 1 aliphatic rings. The summed E-state index contributed by atoms with van der Waals surface area (Å²) in [7, 11) is 0. The van der Waals surface area contributed by atoms with Gasteiger partial charge in [-0.2, -0.15) is 5.10 Å². The number of fused-ring (bicyclic) bond motifs is 1. The first kappa shape index (κ1) is 17.2. The molecule has 1 amide bonds. The van der Waals surface area contributed by atoms with Gasteiger partial charge in [0, 0.05) is 36.6 Å². The molecule has 0 saturated carbocycles. The number of nitrogens with one attached hydrogen (secondary N) is 2. The smallest absolute Gasteiger partial charge is 0.234 e. The van der Waals surface area contributed by atoms with Gasteiger partial charge in [-0.1, -0.05) is 18.2 Å². The van der Waals surface area contributed by atoms with Crippen molar-refractivity contribution in [2.45, 2.75) is 13.1 Å². The van der Waals surface area contributed by atoms with Crippen LogP contribution in [0.15, 0.2) is 48.8 Å². The summed E-state index contributed by atoms with van der Waals surface area (Å²) in [6.07, 6.45) is 3.38. The third-order valence-electron chi connectivity index (χ3n) is 4.32. The van der Waals surface area contributed by atoms with E-state index in [0.717, 1.165) is 16.9 Å². The van der Waals surface area contributed by atoms with Crippen LogP contribution in [0.4, 0.5) is 0 Å². The lowest BCUT2D eigenvalue weighted by atomic mass is 10.2. The highest BCUT2D eigenvalue weighted by molar-refractivity contribution is 5.78. The summed E-state index contributed by atoms with van der Waals surface area (Å²) in [5.74, 6) is 2.03. The molecule has 0 bridgehead atoms. The summed E-state index contributed by atoms with van der Waals surface area (Å²) in [6, 6.07) is 11.6. The number of H-pyrrole nitrogens is 1. The predicted molar refractivity (Wildman–Crippen MR) is 98.7 cm³/mol. The predicted octanol–water partition coefficient (Wildman–Crippen LogP) is 1.38. The number of carbonyl (C=O) groups excluding carboxylic acids is 1. The van der Waals surface area contributed by atoms with Crippen LogP contribution in [0.1, 0.15) is 11.4 Å². The highest BCUT2D eigenvalue weighted by Crippen LogP contribution is 2.22. The third-order valence-corrected chi connectivity index (χ3v) is 4.32. The van der Waals surface area contributed by atoms with E-state index in [0.29, 0.717) is 44.4 Å². The number of pyridine rings is 1. The van der Waals surface area contributed by atoms with Gasteiger partial charge in [-0.05, 0) is 18.2 Å². The molecule has 1 aromatic carbocycles. The molecule has 0 spiro atoms. The largest absolute Gasteiger partial charge is 0.492 e. The molecule has 8 heteroatoms. The molecule has 3 aromatic rings. The van der Waals surface area contributed by atoms with Gasteiger partial charge in [0.2, 0.25) is 5.91 Å². The number of benzene rings is 1. The number of carbonyl (C=O) groups is 1. The fourth-order valence-electron chi connectivity index (χ4n) is 2.96. The minimum Gasteiger partial charge on any atom is -0.492 e. The number of hydrogen-bond acceptors (Lipinski definition) is 6. The maximum absolute atomic E-state index is 12.3. The first-order valence-electron chi connectivity index (χ1n) is 8.79. The Balaban J connectivity index is 1.31. The van der Waals surface area contributed by atoms with Crippen LogP contribution in [0.2, 0.25) is 0 Å². The van der Waals surface area contributed by atoms with Gasteiger partial charge in [0.05, 0.1) is 13.1 Å². The average molecular weight is 364 g/mol. The number of nitrogens with zero attached hydrogens (tertiary/aromatic N) is 4. The molecule has 0 saturated heterocycles. The Morgan fingerprint density at radius 2 is 2.07 bits per heavy atom. The molecule has 0 aliphatic carbocycles. The van der Waals surface area contributed by atoms with Crippen LogP contribution < -0.4 is 10.1 Å². The number of rotatable bonds is 5. The van der Waals surface area contributed by atoms with Crippen LogP contribution in [0.25, 0.3) is 11.4 Å². The van der Waals surface area contributed by atoms with E-state index in [9.17, 15) is 4.79 Å². The highest BCUT2D eigenvalue weighted by Gasteiger charge is 2.17. The molecular formula is C19H20N6O2. The molecule has 138 valence electrons. The number of para-hydroxylation sites is 1. The summed E-state index contributed by atoms with van der Waals surface area (Å²) in [5, 5.41) is 9.92. The van der Waals surface area contributed by atoms with Crippen LogP contribution in [0.3, 0.4) is 0 Å². The SMILES string of the molecule is O=C(CN1CCOc2ccccc2C1)NCc1nc(-c2ccncc2)n[nH]1. The molecule has 0 unspecified atom stereocenters. The molecule has 3 heterocycles. The molecule has 0 radical (unpaired) electrons. The summed E-state index contributed by atoms with van der Waals surface area (Å²) >= 11 is 0. The van der Waals surface area contributed by atoms with Crippen molar-refractivity contribution in [2.24, 2.45) is 0 Å².